The van der Waals surface area contributed by atoms with Gasteiger partial charge in [-0.15, -0.1) is 0 Å². The largest absolute Gasteiger partial charge is 0.481 e. The highest BCUT2D eigenvalue weighted by molar-refractivity contribution is 9.10. The van der Waals surface area contributed by atoms with E-state index in [0.717, 1.165) is 19.3 Å². The minimum absolute atomic E-state index is 0.111. The molecule has 16 heavy (non-hydrogen) atoms. The lowest BCUT2D eigenvalue weighted by molar-refractivity contribution is -0.262. The third-order valence-electron chi connectivity index (χ3n) is 5.18. The predicted molar refractivity (Wildman–Crippen MR) is 65.6 cm³/mol. The van der Waals surface area contributed by atoms with Crippen molar-refractivity contribution in [3.63, 3.8) is 0 Å². The van der Waals surface area contributed by atoms with Gasteiger partial charge in [0.1, 0.15) is 0 Å². The molecule has 0 saturated heterocycles. The Labute approximate surface area is 105 Å². The van der Waals surface area contributed by atoms with Crippen LogP contribution < -0.4 is 0 Å². The molecule has 3 heteroatoms. The molecule has 0 bridgehead atoms. The van der Waals surface area contributed by atoms with Crippen molar-refractivity contribution in [1.82, 2.24) is 0 Å². The summed E-state index contributed by atoms with van der Waals surface area (Å²) < 4.78 is 0.111. The summed E-state index contributed by atoms with van der Waals surface area (Å²) in [6.07, 6.45) is 4.01. The molecule has 0 radical (unpaired) electrons. The van der Waals surface area contributed by atoms with Crippen LogP contribution in [-0.4, -0.2) is 15.4 Å². The third-order valence-corrected chi connectivity index (χ3v) is 6.19. The van der Waals surface area contributed by atoms with E-state index in [4.69, 9.17) is 0 Å². The zero-order valence-corrected chi connectivity index (χ0v) is 11.7. The minimum Gasteiger partial charge on any atom is -0.481 e. The summed E-state index contributed by atoms with van der Waals surface area (Å²) in [5.41, 5.74) is 0.219. The summed E-state index contributed by atoms with van der Waals surface area (Å²) >= 11 is 3.87. The van der Waals surface area contributed by atoms with Crippen LogP contribution in [0.25, 0.3) is 0 Å². The second kappa shape index (κ2) is 2.52. The van der Waals surface area contributed by atoms with Gasteiger partial charge in [-0.3, -0.25) is 4.79 Å². The van der Waals surface area contributed by atoms with Crippen molar-refractivity contribution < 1.29 is 9.90 Å². The van der Waals surface area contributed by atoms with E-state index in [1.807, 2.05) is 0 Å². The van der Waals surface area contributed by atoms with Gasteiger partial charge in [-0.25, -0.2) is 0 Å². The lowest BCUT2D eigenvalue weighted by atomic mass is 9.28. The van der Waals surface area contributed by atoms with Gasteiger partial charge in [0.25, 0.3) is 0 Å². The van der Waals surface area contributed by atoms with Crippen LogP contribution in [0, 0.1) is 22.2 Å². The normalized spacial score (nSPS) is 56.9. The van der Waals surface area contributed by atoms with Gasteiger partial charge in [0.2, 0.25) is 0 Å². The standard InChI is InChI=1S/C13H19BrO2/c1-10(2)4-11(3)6-12(9(15)16)7-13(14,5-10)8(11)12/h8H,4-7H2,1-3H3,(H,15,16). The molecular weight excluding hydrogens is 268 g/mol. The fourth-order valence-corrected chi connectivity index (χ4v) is 8.05. The number of alkyl halides is 1. The Kier molecular flexibility index (Phi) is 1.75. The van der Waals surface area contributed by atoms with E-state index in [9.17, 15) is 9.90 Å². The zero-order valence-electron chi connectivity index (χ0n) is 10.1. The first-order valence-electron chi connectivity index (χ1n) is 6.06. The molecule has 3 fully saturated rings. The Bertz CT molecular complexity index is 365. The van der Waals surface area contributed by atoms with Crippen LogP contribution in [0.1, 0.15) is 46.5 Å². The molecule has 3 aliphatic carbocycles. The van der Waals surface area contributed by atoms with E-state index in [2.05, 4.69) is 36.7 Å². The molecule has 0 aromatic heterocycles. The number of carboxylic acid groups (broad SMARTS) is 1. The molecule has 0 aromatic rings. The zero-order chi connectivity index (χ0) is 12.0. The van der Waals surface area contributed by atoms with E-state index in [-0.39, 0.29) is 15.2 Å². The Morgan fingerprint density at radius 3 is 2.31 bits per heavy atom. The predicted octanol–water partition coefficient (Wildman–Crippen LogP) is 3.44. The second-order valence-corrected chi connectivity index (χ2v) is 9.03. The Morgan fingerprint density at radius 1 is 1.19 bits per heavy atom. The Balaban J connectivity index is 1.98. The second-order valence-electron chi connectivity index (χ2n) is 7.45. The van der Waals surface area contributed by atoms with Crippen molar-refractivity contribution in [2.75, 3.05) is 0 Å². The minimum atomic E-state index is -0.565. The van der Waals surface area contributed by atoms with Crippen molar-refractivity contribution in [1.29, 1.82) is 0 Å². The quantitative estimate of drug-likeness (QED) is 0.750. The number of hydrogen-bond acceptors (Lipinski definition) is 1. The van der Waals surface area contributed by atoms with Crippen LogP contribution in [0.15, 0.2) is 0 Å². The Hall–Kier alpha value is -0.0500. The number of aliphatic carboxylic acids is 1. The highest BCUT2D eigenvalue weighted by atomic mass is 79.9. The number of hydrogen-bond donors (Lipinski definition) is 1. The number of rotatable bonds is 1. The Morgan fingerprint density at radius 2 is 1.81 bits per heavy atom. The molecule has 4 unspecified atom stereocenters. The van der Waals surface area contributed by atoms with Gasteiger partial charge in [0.05, 0.1) is 5.41 Å². The summed E-state index contributed by atoms with van der Waals surface area (Å²) in [6.45, 7) is 6.92. The van der Waals surface area contributed by atoms with Gasteiger partial charge in [-0.2, -0.15) is 0 Å². The van der Waals surface area contributed by atoms with E-state index in [1.165, 1.54) is 6.42 Å². The van der Waals surface area contributed by atoms with Gasteiger partial charge in [-0.1, -0.05) is 36.7 Å². The van der Waals surface area contributed by atoms with Crippen molar-refractivity contribution in [2.45, 2.75) is 50.8 Å². The average molecular weight is 287 g/mol. The maximum Gasteiger partial charge on any atom is 0.310 e. The highest BCUT2D eigenvalue weighted by Crippen LogP contribution is 2.82. The van der Waals surface area contributed by atoms with Crippen molar-refractivity contribution in [2.24, 2.45) is 22.2 Å². The van der Waals surface area contributed by atoms with Crippen molar-refractivity contribution >= 4 is 21.9 Å². The van der Waals surface area contributed by atoms with E-state index in [0.29, 0.717) is 11.3 Å². The molecule has 4 atom stereocenters. The monoisotopic (exact) mass is 286 g/mol. The first-order chi connectivity index (χ1) is 7.14. The van der Waals surface area contributed by atoms with Crippen molar-refractivity contribution in [3.8, 4) is 0 Å². The highest BCUT2D eigenvalue weighted by Gasteiger charge is 2.81. The molecule has 0 aromatic carbocycles. The number of halogens is 1. The summed E-state index contributed by atoms with van der Waals surface area (Å²) in [4.78, 5) is 11.4. The lowest BCUT2D eigenvalue weighted by Crippen LogP contribution is -2.78. The van der Waals surface area contributed by atoms with Gasteiger partial charge >= 0.3 is 5.97 Å². The van der Waals surface area contributed by atoms with Gasteiger partial charge in [-0.05, 0) is 42.4 Å². The number of carboxylic acids is 1. The smallest absolute Gasteiger partial charge is 0.310 e. The number of carbonyl (C=O) groups is 1. The first kappa shape index (κ1) is 11.1. The molecule has 1 N–H and O–H groups in total. The van der Waals surface area contributed by atoms with Gasteiger partial charge < -0.3 is 5.11 Å². The molecule has 0 aliphatic heterocycles. The molecule has 0 amide bonds. The topological polar surface area (TPSA) is 37.3 Å². The average Bonchev–Trinajstić information content (AvgIpc) is 1.93. The maximum absolute atomic E-state index is 11.4. The van der Waals surface area contributed by atoms with Crippen LogP contribution in [0.3, 0.4) is 0 Å². The third kappa shape index (κ3) is 1.02. The summed E-state index contributed by atoms with van der Waals surface area (Å²) in [6, 6.07) is 0. The molecule has 3 rings (SSSR count). The maximum atomic E-state index is 11.4. The SMILES string of the molecule is CC1(C)CC2(C)CC3(C(=O)O)CC(Br)(C1)C23. The van der Waals surface area contributed by atoms with Gasteiger partial charge in [0, 0.05) is 4.32 Å². The molecule has 0 heterocycles. The molecule has 2 nitrogen and oxygen atoms in total. The molecule has 90 valence electrons. The van der Waals surface area contributed by atoms with Crippen molar-refractivity contribution in [3.05, 3.63) is 0 Å². The summed E-state index contributed by atoms with van der Waals surface area (Å²) in [5.74, 6) is -0.206. The molecule has 0 spiro atoms. The van der Waals surface area contributed by atoms with Crippen LogP contribution in [0.4, 0.5) is 0 Å². The van der Waals surface area contributed by atoms with Crippen LogP contribution in [0.2, 0.25) is 0 Å². The summed E-state index contributed by atoms with van der Waals surface area (Å²) in [5, 5.41) is 9.41. The van der Waals surface area contributed by atoms with Crippen LogP contribution in [0.5, 0.6) is 0 Å². The molecule has 3 saturated carbocycles. The first-order valence-corrected chi connectivity index (χ1v) is 6.85. The molecular formula is C13H19BrO2. The summed E-state index contributed by atoms with van der Waals surface area (Å²) in [7, 11) is 0. The van der Waals surface area contributed by atoms with E-state index < -0.39 is 5.97 Å². The van der Waals surface area contributed by atoms with Crippen LogP contribution >= 0.6 is 15.9 Å². The van der Waals surface area contributed by atoms with E-state index >= 15 is 0 Å². The fraction of sp³-hybridized carbons (Fsp3) is 0.923. The lowest BCUT2D eigenvalue weighted by Gasteiger charge is -2.78. The van der Waals surface area contributed by atoms with Crippen LogP contribution in [-0.2, 0) is 4.79 Å². The fourth-order valence-electron chi connectivity index (χ4n) is 5.80. The van der Waals surface area contributed by atoms with Gasteiger partial charge in [0.15, 0.2) is 0 Å². The van der Waals surface area contributed by atoms with E-state index in [1.54, 1.807) is 0 Å². The molecule has 3 aliphatic rings.